The summed E-state index contributed by atoms with van der Waals surface area (Å²) < 4.78 is 0. The van der Waals surface area contributed by atoms with Crippen molar-refractivity contribution in [1.82, 2.24) is 0 Å². The fourth-order valence-electron chi connectivity index (χ4n) is 2.61. The van der Waals surface area contributed by atoms with Crippen molar-refractivity contribution in [2.45, 2.75) is 65.2 Å². The Balaban J connectivity index is 2.42. The molecule has 0 N–H and O–H groups in total. The molecular formula is C11H22. The molecule has 0 aromatic rings. The van der Waals surface area contributed by atoms with Crippen molar-refractivity contribution in [2.75, 3.05) is 0 Å². The molecule has 0 radical (unpaired) electrons. The summed E-state index contributed by atoms with van der Waals surface area (Å²) in [7, 11) is 0. The largest absolute Gasteiger partial charge is 0.0654 e. The van der Waals surface area contributed by atoms with Crippen molar-refractivity contribution >= 4 is 0 Å². The third-order valence-electron chi connectivity index (χ3n) is 3.44. The number of hydrogen-bond acceptors (Lipinski definition) is 0. The first-order valence-corrected chi connectivity index (χ1v) is 5.33. The van der Waals surface area contributed by atoms with Crippen LogP contribution >= 0.6 is 0 Å². The van der Waals surface area contributed by atoms with Crippen LogP contribution in [0.5, 0.6) is 0 Å². The first-order chi connectivity index (χ1) is 5.33. The fourth-order valence-corrected chi connectivity index (χ4v) is 2.61. The van der Waals surface area contributed by atoms with E-state index < -0.39 is 0 Å². The van der Waals surface area contributed by atoms with Crippen molar-refractivity contribution in [3.8, 4) is 0 Å². The van der Waals surface area contributed by atoms with Gasteiger partial charge in [0.1, 0.15) is 0 Å². The summed E-state index contributed by atoms with van der Waals surface area (Å²) in [6.07, 6.45) is 11.8. The van der Waals surface area contributed by atoms with E-state index in [1.54, 1.807) is 0 Å². The highest BCUT2D eigenvalue weighted by Crippen LogP contribution is 2.42. The van der Waals surface area contributed by atoms with Crippen LogP contribution in [0.3, 0.4) is 0 Å². The van der Waals surface area contributed by atoms with Crippen LogP contribution in [0.4, 0.5) is 0 Å². The average Bonchev–Trinajstić information content (AvgIpc) is 2.07. The molecule has 1 rings (SSSR count). The topological polar surface area (TPSA) is 0 Å². The van der Waals surface area contributed by atoms with Crippen LogP contribution < -0.4 is 0 Å². The Bertz CT molecular complexity index is 93.1. The SMILES string of the molecule is CCCC1(CC)CCCCC1. The molecular weight excluding hydrogens is 132 g/mol. The molecule has 0 heterocycles. The van der Waals surface area contributed by atoms with Crippen molar-refractivity contribution in [3.63, 3.8) is 0 Å². The van der Waals surface area contributed by atoms with E-state index >= 15 is 0 Å². The molecule has 0 aromatic carbocycles. The molecule has 0 unspecified atom stereocenters. The van der Waals surface area contributed by atoms with Gasteiger partial charge in [0.2, 0.25) is 0 Å². The minimum absolute atomic E-state index is 0.771. The normalized spacial score (nSPS) is 23.5. The second kappa shape index (κ2) is 4.13. The standard InChI is InChI=1S/C11H22/c1-3-8-11(4-2)9-6-5-7-10-11/h3-10H2,1-2H3. The highest BCUT2D eigenvalue weighted by Gasteiger charge is 2.28. The maximum atomic E-state index is 2.38. The maximum Gasteiger partial charge on any atom is -0.0300 e. The molecule has 0 spiro atoms. The van der Waals surface area contributed by atoms with Crippen molar-refractivity contribution in [1.29, 1.82) is 0 Å². The Morgan fingerprint density at radius 3 is 2.09 bits per heavy atom. The second-order valence-corrected chi connectivity index (χ2v) is 4.16. The van der Waals surface area contributed by atoms with Crippen molar-refractivity contribution in [2.24, 2.45) is 5.41 Å². The predicted octanol–water partition coefficient (Wildman–Crippen LogP) is 4.15. The van der Waals surface area contributed by atoms with Gasteiger partial charge in [-0.2, -0.15) is 0 Å². The average molecular weight is 154 g/mol. The van der Waals surface area contributed by atoms with Crippen LogP contribution in [-0.2, 0) is 0 Å². The summed E-state index contributed by atoms with van der Waals surface area (Å²) in [5, 5.41) is 0. The molecule has 0 aliphatic heterocycles. The maximum absolute atomic E-state index is 2.38. The van der Waals surface area contributed by atoms with Crippen molar-refractivity contribution < 1.29 is 0 Å². The van der Waals surface area contributed by atoms with Crippen LogP contribution in [0.15, 0.2) is 0 Å². The van der Waals surface area contributed by atoms with E-state index in [4.69, 9.17) is 0 Å². The van der Waals surface area contributed by atoms with Gasteiger partial charge in [-0.25, -0.2) is 0 Å². The van der Waals surface area contributed by atoms with Crippen LogP contribution in [0.2, 0.25) is 0 Å². The van der Waals surface area contributed by atoms with Gasteiger partial charge in [-0.05, 0) is 24.7 Å². The molecule has 0 bridgehead atoms. The van der Waals surface area contributed by atoms with Gasteiger partial charge in [0.15, 0.2) is 0 Å². The summed E-state index contributed by atoms with van der Waals surface area (Å²) in [5.74, 6) is 0. The molecule has 11 heavy (non-hydrogen) atoms. The van der Waals surface area contributed by atoms with Gasteiger partial charge in [-0.1, -0.05) is 46.0 Å². The lowest BCUT2D eigenvalue weighted by molar-refractivity contribution is 0.163. The summed E-state index contributed by atoms with van der Waals surface area (Å²) >= 11 is 0. The Morgan fingerprint density at radius 2 is 1.64 bits per heavy atom. The van der Waals surface area contributed by atoms with Gasteiger partial charge < -0.3 is 0 Å². The summed E-state index contributed by atoms with van der Waals surface area (Å²) in [6, 6.07) is 0. The summed E-state index contributed by atoms with van der Waals surface area (Å²) in [6.45, 7) is 4.70. The lowest BCUT2D eigenvalue weighted by Gasteiger charge is -2.36. The Hall–Kier alpha value is 0. The van der Waals surface area contributed by atoms with E-state index in [0.717, 1.165) is 5.41 Å². The van der Waals surface area contributed by atoms with E-state index in [9.17, 15) is 0 Å². The van der Waals surface area contributed by atoms with E-state index in [2.05, 4.69) is 13.8 Å². The van der Waals surface area contributed by atoms with Crippen LogP contribution in [0, 0.1) is 5.41 Å². The number of rotatable bonds is 3. The minimum atomic E-state index is 0.771. The van der Waals surface area contributed by atoms with Gasteiger partial charge in [0.05, 0.1) is 0 Å². The van der Waals surface area contributed by atoms with E-state index in [1.165, 1.54) is 51.4 Å². The van der Waals surface area contributed by atoms with E-state index in [-0.39, 0.29) is 0 Å². The molecule has 0 saturated heterocycles. The number of hydrogen-bond donors (Lipinski definition) is 0. The molecule has 0 nitrogen and oxygen atoms in total. The predicted molar refractivity (Wildman–Crippen MR) is 50.7 cm³/mol. The first kappa shape index (κ1) is 9.09. The molecule has 0 heteroatoms. The second-order valence-electron chi connectivity index (χ2n) is 4.16. The molecule has 66 valence electrons. The smallest absolute Gasteiger partial charge is 0.0300 e. The molecule has 1 fully saturated rings. The van der Waals surface area contributed by atoms with Gasteiger partial charge in [-0.3, -0.25) is 0 Å². The summed E-state index contributed by atoms with van der Waals surface area (Å²) in [5.41, 5.74) is 0.771. The Labute approximate surface area is 71.4 Å². The third-order valence-corrected chi connectivity index (χ3v) is 3.44. The molecule has 0 amide bonds. The van der Waals surface area contributed by atoms with Gasteiger partial charge in [0, 0.05) is 0 Å². The molecule has 1 aliphatic carbocycles. The van der Waals surface area contributed by atoms with Crippen LogP contribution in [0.1, 0.15) is 65.2 Å². The lowest BCUT2D eigenvalue weighted by Crippen LogP contribution is -2.22. The lowest BCUT2D eigenvalue weighted by atomic mass is 9.70. The van der Waals surface area contributed by atoms with Gasteiger partial charge >= 0.3 is 0 Å². The molecule has 1 aliphatic rings. The Kier molecular flexibility index (Phi) is 3.42. The van der Waals surface area contributed by atoms with Crippen molar-refractivity contribution in [3.05, 3.63) is 0 Å². The van der Waals surface area contributed by atoms with E-state index in [1.807, 2.05) is 0 Å². The first-order valence-electron chi connectivity index (χ1n) is 5.33. The van der Waals surface area contributed by atoms with Crippen LogP contribution in [-0.4, -0.2) is 0 Å². The van der Waals surface area contributed by atoms with Gasteiger partial charge in [-0.15, -0.1) is 0 Å². The third kappa shape index (κ3) is 2.21. The monoisotopic (exact) mass is 154 g/mol. The molecule has 0 aromatic heterocycles. The minimum Gasteiger partial charge on any atom is -0.0654 e. The molecule has 0 atom stereocenters. The van der Waals surface area contributed by atoms with Crippen LogP contribution in [0.25, 0.3) is 0 Å². The highest BCUT2D eigenvalue weighted by atomic mass is 14.3. The zero-order chi connectivity index (χ0) is 8.16. The zero-order valence-electron chi connectivity index (χ0n) is 8.16. The zero-order valence-corrected chi connectivity index (χ0v) is 8.16. The quantitative estimate of drug-likeness (QED) is 0.573. The van der Waals surface area contributed by atoms with E-state index in [0.29, 0.717) is 0 Å². The Morgan fingerprint density at radius 1 is 1.00 bits per heavy atom. The summed E-state index contributed by atoms with van der Waals surface area (Å²) in [4.78, 5) is 0. The highest BCUT2D eigenvalue weighted by molar-refractivity contribution is 4.80. The molecule has 1 saturated carbocycles. The fraction of sp³-hybridized carbons (Fsp3) is 1.00. The van der Waals surface area contributed by atoms with Gasteiger partial charge in [0.25, 0.3) is 0 Å².